The number of aryl methyl sites for hydroxylation is 1. The van der Waals surface area contributed by atoms with Gasteiger partial charge < -0.3 is 14.8 Å². The van der Waals surface area contributed by atoms with Crippen LogP contribution in [0.15, 0.2) is 29.1 Å². The number of rotatable bonds is 1. The van der Waals surface area contributed by atoms with Gasteiger partial charge in [0.1, 0.15) is 0 Å². The Morgan fingerprint density at radius 3 is 2.89 bits per heavy atom. The highest BCUT2D eigenvalue weighted by Crippen LogP contribution is 2.21. The minimum absolute atomic E-state index is 0.0886. The molecule has 96 valence electrons. The molecule has 3 rings (SSSR count). The molecule has 0 aliphatic rings. The van der Waals surface area contributed by atoms with Crippen molar-refractivity contribution in [2.24, 2.45) is 0 Å². The van der Waals surface area contributed by atoms with Crippen molar-refractivity contribution < 1.29 is 14.6 Å². The smallest absolute Gasteiger partial charge is 0.449 e. The lowest BCUT2D eigenvalue weighted by Gasteiger charge is -2.02. The van der Waals surface area contributed by atoms with Crippen molar-refractivity contribution >= 4 is 22.8 Å². The predicted molar refractivity (Wildman–Crippen MR) is 66.7 cm³/mol. The minimum Gasteiger partial charge on any atom is -0.449 e. The van der Waals surface area contributed by atoms with Crippen LogP contribution in [0.2, 0.25) is 0 Å². The van der Waals surface area contributed by atoms with Gasteiger partial charge >= 0.3 is 6.16 Å². The second kappa shape index (κ2) is 3.84. The number of nitrogens with zero attached hydrogens (tertiary/aromatic N) is 2. The zero-order valence-corrected chi connectivity index (χ0v) is 9.88. The summed E-state index contributed by atoms with van der Waals surface area (Å²) in [6, 6.07) is 7.17. The summed E-state index contributed by atoms with van der Waals surface area (Å²) in [6.45, 7) is 1.64. The van der Waals surface area contributed by atoms with Crippen LogP contribution in [0, 0.1) is 6.92 Å². The minimum atomic E-state index is -1.47. The van der Waals surface area contributed by atoms with Crippen molar-refractivity contribution in [3.05, 3.63) is 40.3 Å². The molecule has 0 unspecified atom stereocenters. The molecule has 19 heavy (non-hydrogen) atoms. The lowest BCUT2D eigenvalue weighted by molar-refractivity contribution is 0.142. The maximum atomic E-state index is 11.9. The lowest BCUT2D eigenvalue weighted by atomic mass is 10.3. The fourth-order valence-electron chi connectivity index (χ4n) is 2.06. The third kappa shape index (κ3) is 1.63. The third-order valence-corrected chi connectivity index (χ3v) is 2.84. The van der Waals surface area contributed by atoms with E-state index >= 15 is 0 Å². The Balaban J connectivity index is 2.46. The molecule has 0 atom stereocenters. The van der Waals surface area contributed by atoms with E-state index in [2.05, 4.69) is 14.7 Å². The number of carbonyl (C=O) groups is 1. The van der Waals surface area contributed by atoms with Gasteiger partial charge in [-0.3, -0.25) is 9.20 Å². The van der Waals surface area contributed by atoms with E-state index in [4.69, 9.17) is 5.11 Å². The van der Waals surface area contributed by atoms with E-state index in [1.807, 2.05) is 6.07 Å². The van der Waals surface area contributed by atoms with Crippen molar-refractivity contribution in [3.8, 4) is 5.88 Å². The molecule has 2 N–H and O–H groups in total. The van der Waals surface area contributed by atoms with Crippen LogP contribution in [0.3, 0.4) is 0 Å². The molecule has 7 nitrogen and oxygen atoms in total. The molecule has 2 aromatic heterocycles. The SMILES string of the molecule is Cc1c(OC(=O)O)nc2c(=O)[nH]c3ccccc3n12. The fourth-order valence-corrected chi connectivity index (χ4v) is 2.06. The number of carboxylic acid groups (broad SMARTS) is 1. The van der Waals surface area contributed by atoms with Crippen molar-refractivity contribution in [1.29, 1.82) is 0 Å². The van der Waals surface area contributed by atoms with Gasteiger partial charge in [-0.15, -0.1) is 0 Å². The van der Waals surface area contributed by atoms with Gasteiger partial charge in [-0.25, -0.2) is 4.79 Å². The fraction of sp³-hybridized carbons (Fsp3) is 0.0833. The second-order valence-electron chi connectivity index (χ2n) is 4.00. The van der Waals surface area contributed by atoms with Gasteiger partial charge in [0.25, 0.3) is 5.56 Å². The van der Waals surface area contributed by atoms with Crippen LogP contribution in [-0.2, 0) is 0 Å². The Morgan fingerprint density at radius 2 is 2.16 bits per heavy atom. The van der Waals surface area contributed by atoms with E-state index in [1.54, 1.807) is 29.5 Å². The number of H-pyrrole nitrogens is 1. The van der Waals surface area contributed by atoms with Crippen molar-refractivity contribution in [3.63, 3.8) is 0 Å². The van der Waals surface area contributed by atoms with E-state index in [-0.39, 0.29) is 11.5 Å². The molecule has 0 bridgehead atoms. The Hall–Kier alpha value is -2.83. The number of hydrogen-bond donors (Lipinski definition) is 2. The Morgan fingerprint density at radius 1 is 1.42 bits per heavy atom. The van der Waals surface area contributed by atoms with Crippen LogP contribution in [0.4, 0.5) is 4.79 Å². The van der Waals surface area contributed by atoms with Crippen molar-refractivity contribution in [2.45, 2.75) is 6.92 Å². The molecule has 0 aliphatic carbocycles. The van der Waals surface area contributed by atoms with Crippen molar-refractivity contribution in [2.75, 3.05) is 0 Å². The number of nitrogens with one attached hydrogen (secondary N) is 1. The molecule has 2 heterocycles. The zero-order valence-electron chi connectivity index (χ0n) is 9.88. The number of aromatic amines is 1. The first-order valence-corrected chi connectivity index (χ1v) is 5.49. The summed E-state index contributed by atoms with van der Waals surface area (Å²) in [7, 11) is 0. The van der Waals surface area contributed by atoms with Gasteiger partial charge in [-0.05, 0) is 19.1 Å². The summed E-state index contributed by atoms with van der Waals surface area (Å²) in [5.41, 5.74) is 1.53. The molecule has 0 amide bonds. The van der Waals surface area contributed by atoms with E-state index < -0.39 is 11.7 Å². The quantitative estimate of drug-likeness (QED) is 0.646. The zero-order chi connectivity index (χ0) is 13.6. The largest absolute Gasteiger partial charge is 0.512 e. The van der Waals surface area contributed by atoms with Gasteiger partial charge in [-0.2, -0.15) is 4.98 Å². The van der Waals surface area contributed by atoms with Crippen LogP contribution in [0.25, 0.3) is 16.7 Å². The number of benzene rings is 1. The number of fused-ring (bicyclic) bond motifs is 3. The normalized spacial score (nSPS) is 11.0. The predicted octanol–water partition coefficient (Wildman–Crippen LogP) is 1.54. The van der Waals surface area contributed by atoms with Crippen LogP contribution in [0.5, 0.6) is 5.88 Å². The second-order valence-corrected chi connectivity index (χ2v) is 4.00. The van der Waals surface area contributed by atoms with Gasteiger partial charge in [0.05, 0.1) is 16.7 Å². The summed E-state index contributed by atoms with van der Waals surface area (Å²) < 4.78 is 6.14. The maximum absolute atomic E-state index is 11.9. The average Bonchev–Trinajstić information content (AvgIpc) is 2.68. The number of aromatic nitrogens is 3. The highest BCUT2D eigenvalue weighted by molar-refractivity contribution is 5.78. The van der Waals surface area contributed by atoms with Gasteiger partial charge in [0.15, 0.2) is 0 Å². The Bertz CT molecular complexity index is 862. The lowest BCUT2D eigenvalue weighted by Crippen LogP contribution is -2.11. The molecular formula is C12H9N3O4. The van der Waals surface area contributed by atoms with Crippen LogP contribution >= 0.6 is 0 Å². The molecule has 0 aliphatic heterocycles. The molecule has 0 radical (unpaired) electrons. The van der Waals surface area contributed by atoms with E-state index in [9.17, 15) is 9.59 Å². The number of ether oxygens (including phenoxy) is 1. The highest BCUT2D eigenvalue weighted by Gasteiger charge is 2.16. The van der Waals surface area contributed by atoms with E-state index in [1.165, 1.54) is 0 Å². The maximum Gasteiger partial charge on any atom is 0.512 e. The highest BCUT2D eigenvalue weighted by atomic mass is 16.7. The molecular weight excluding hydrogens is 250 g/mol. The van der Waals surface area contributed by atoms with Gasteiger partial charge in [-0.1, -0.05) is 12.1 Å². The number of para-hydroxylation sites is 2. The molecule has 7 heteroatoms. The summed E-state index contributed by atoms with van der Waals surface area (Å²) in [6.07, 6.45) is -1.47. The summed E-state index contributed by atoms with van der Waals surface area (Å²) in [5.74, 6) is -0.0886. The third-order valence-electron chi connectivity index (χ3n) is 2.84. The molecule has 0 spiro atoms. The molecule has 3 aromatic rings. The van der Waals surface area contributed by atoms with Gasteiger partial charge in [0.2, 0.25) is 11.5 Å². The standard InChI is InChI=1S/C12H9N3O4/c1-6-11(19-12(17)18)14-9-10(16)13-7-4-2-3-5-8(7)15(6)9/h2-5H,1H3,(H,13,16)(H,17,18). The number of imidazole rings is 1. The first-order chi connectivity index (χ1) is 9.08. The van der Waals surface area contributed by atoms with Crippen LogP contribution in [-0.4, -0.2) is 25.6 Å². The molecule has 0 saturated heterocycles. The molecule has 0 fully saturated rings. The van der Waals surface area contributed by atoms with E-state index in [0.29, 0.717) is 11.2 Å². The number of hydrogen-bond acceptors (Lipinski definition) is 4. The van der Waals surface area contributed by atoms with Gasteiger partial charge in [0, 0.05) is 0 Å². The van der Waals surface area contributed by atoms with Crippen LogP contribution < -0.4 is 10.3 Å². The summed E-state index contributed by atoms with van der Waals surface area (Å²) >= 11 is 0. The molecule has 1 aromatic carbocycles. The summed E-state index contributed by atoms with van der Waals surface area (Å²) in [5, 5.41) is 8.64. The molecule has 0 saturated carbocycles. The first kappa shape index (κ1) is 11.3. The van der Waals surface area contributed by atoms with Crippen LogP contribution in [0.1, 0.15) is 5.69 Å². The van der Waals surface area contributed by atoms with E-state index in [0.717, 1.165) is 5.52 Å². The van der Waals surface area contributed by atoms with Crippen molar-refractivity contribution in [1.82, 2.24) is 14.4 Å². The Kier molecular flexibility index (Phi) is 2.28. The average molecular weight is 259 g/mol. The monoisotopic (exact) mass is 259 g/mol. The first-order valence-electron chi connectivity index (χ1n) is 5.49. The topological polar surface area (TPSA) is 96.7 Å². The Labute approximate surface area is 106 Å². The summed E-state index contributed by atoms with van der Waals surface area (Å²) in [4.78, 5) is 29.1.